The van der Waals surface area contributed by atoms with Gasteiger partial charge >= 0.3 is 5.97 Å². The summed E-state index contributed by atoms with van der Waals surface area (Å²) < 4.78 is 0. The first kappa shape index (κ1) is 18.7. The van der Waals surface area contributed by atoms with E-state index < -0.39 is 5.97 Å². The van der Waals surface area contributed by atoms with E-state index >= 15 is 0 Å². The molecule has 0 amide bonds. The predicted octanol–water partition coefficient (Wildman–Crippen LogP) is 5.60. The van der Waals surface area contributed by atoms with Crippen molar-refractivity contribution in [3.05, 3.63) is 29.8 Å². The lowest BCUT2D eigenvalue weighted by atomic mass is 9.87. The van der Waals surface area contributed by atoms with E-state index in [0.717, 1.165) is 6.42 Å². The Morgan fingerprint density at radius 1 is 1.09 bits per heavy atom. The topological polar surface area (TPSA) is 37.3 Å². The van der Waals surface area contributed by atoms with Crippen LogP contribution in [0.2, 0.25) is 0 Å². The molecule has 128 valence electrons. The minimum absolute atomic E-state index is 0.186. The normalized spacial score (nSPS) is 22.6. The molecule has 1 aromatic carbocycles. The summed E-state index contributed by atoms with van der Waals surface area (Å²) in [6.45, 7) is 6.71. The third-order valence-corrected chi connectivity index (χ3v) is 7.31. The molecule has 0 bridgehead atoms. The van der Waals surface area contributed by atoms with Crippen molar-refractivity contribution in [1.29, 1.82) is 0 Å². The van der Waals surface area contributed by atoms with Crippen LogP contribution >= 0.6 is 23.5 Å². The van der Waals surface area contributed by atoms with Crippen molar-refractivity contribution in [2.24, 2.45) is 0 Å². The van der Waals surface area contributed by atoms with Crippen LogP contribution in [0.4, 0.5) is 0 Å². The number of thioether (sulfide) groups is 2. The van der Waals surface area contributed by atoms with Crippen LogP contribution in [0.25, 0.3) is 0 Å². The van der Waals surface area contributed by atoms with E-state index in [9.17, 15) is 4.79 Å². The molecule has 0 heterocycles. The second kappa shape index (κ2) is 8.48. The lowest BCUT2D eigenvalue weighted by Crippen LogP contribution is -2.20. The van der Waals surface area contributed by atoms with E-state index in [4.69, 9.17) is 5.11 Å². The van der Waals surface area contributed by atoms with Crippen molar-refractivity contribution >= 4 is 29.5 Å². The molecule has 4 heteroatoms. The number of rotatable bonds is 5. The van der Waals surface area contributed by atoms with Crippen LogP contribution in [0.5, 0.6) is 0 Å². The zero-order valence-corrected chi connectivity index (χ0v) is 16.0. The molecule has 0 saturated heterocycles. The maximum atomic E-state index is 10.9. The summed E-state index contributed by atoms with van der Waals surface area (Å²) in [7, 11) is 0. The molecule has 1 saturated carbocycles. The Morgan fingerprint density at radius 3 is 2.26 bits per heavy atom. The summed E-state index contributed by atoms with van der Waals surface area (Å²) in [5, 5.41) is 9.96. The van der Waals surface area contributed by atoms with Crippen LogP contribution in [-0.2, 0) is 10.2 Å². The molecule has 2 unspecified atom stereocenters. The van der Waals surface area contributed by atoms with E-state index in [1.165, 1.54) is 36.1 Å². The molecule has 0 aliphatic heterocycles. The van der Waals surface area contributed by atoms with Crippen LogP contribution in [0.3, 0.4) is 0 Å². The number of hydrogen-bond acceptors (Lipinski definition) is 3. The van der Waals surface area contributed by atoms with Crippen molar-refractivity contribution in [2.75, 3.05) is 5.75 Å². The highest BCUT2D eigenvalue weighted by Gasteiger charge is 2.26. The standard InChI is InChI=1S/C19H28O2S2/c1-19(2,3)14-9-11-15(12-10-14)23-17-8-6-4-5-7-16(17)22-13-18(20)21/h9-12,16-17H,4-8,13H2,1-3H3,(H,20,21). The summed E-state index contributed by atoms with van der Waals surface area (Å²) in [4.78, 5) is 12.2. The average molecular weight is 353 g/mol. The monoisotopic (exact) mass is 352 g/mol. The van der Waals surface area contributed by atoms with Gasteiger partial charge in [0.25, 0.3) is 0 Å². The minimum Gasteiger partial charge on any atom is -0.481 e. The van der Waals surface area contributed by atoms with Crippen molar-refractivity contribution in [3.63, 3.8) is 0 Å². The van der Waals surface area contributed by atoms with Crippen LogP contribution in [-0.4, -0.2) is 27.3 Å². The number of aliphatic carboxylic acids is 1. The lowest BCUT2D eigenvalue weighted by molar-refractivity contribution is -0.133. The summed E-state index contributed by atoms with van der Waals surface area (Å²) in [5.41, 5.74) is 1.55. The van der Waals surface area contributed by atoms with Gasteiger partial charge in [-0.1, -0.05) is 52.2 Å². The molecule has 1 aliphatic rings. The first-order valence-corrected chi connectivity index (χ1v) is 10.4. The first-order valence-electron chi connectivity index (χ1n) is 8.47. The highest BCUT2D eigenvalue weighted by Crippen LogP contribution is 2.39. The third kappa shape index (κ3) is 6.07. The van der Waals surface area contributed by atoms with Gasteiger partial charge in [-0.3, -0.25) is 4.79 Å². The van der Waals surface area contributed by atoms with Gasteiger partial charge in [0.1, 0.15) is 0 Å². The summed E-state index contributed by atoms with van der Waals surface area (Å²) in [5.74, 6) is -0.470. The Labute approximate surface area is 148 Å². The van der Waals surface area contributed by atoms with Crippen molar-refractivity contribution in [2.45, 2.75) is 73.7 Å². The van der Waals surface area contributed by atoms with Gasteiger partial charge < -0.3 is 5.11 Å². The van der Waals surface area contributed by atoms with Crippen LogP contribution in [0.15, 0.2) is 29.2 Å². The lowest BCUT2D eigenvalue weighted by Gasteiger charge is -2.24. The Hall–Kier alpha value is -0.610. The van der Waals surface area contributed by atoms with Crippen molar-refractivity contribution < 1.29 is 9.90 Å². The molecule has 2 atom stereocenters. The van der Waals surface area contributed by atoms with Gasteiger partial charge in [-0.15, -0.1) is 23.5 Å². The second-order valence-corrected chi connectivity index (χ2v) is 9.85. The predicted molar refractivity (Wildman–Crippen MR) is 102 cm³/mol. The Kier molecular flexibility index (Phi) is 6.90. The molecule has 1 aliphatic carbocycles. The Morgan fingerprint density at radius 2 is 1.70 bits per heavy atom. The fourth-order valence-electron chi connectivity index (χ4n) is 2.95. The molecule has 0 radical (unpaired) electrons. The Bertz CT molecular complexity index is 505. The zero-order valence-electron chi connectivity index (χ0n) is 14.4. The molecule has 1 aromatic rings. The maximum Gasteiger partial charge on any atom is 0.313 e. The number of hydrogen-bond donors (Lipinski definition) is 1. The number of benzene rings is 1. The highest BCUT2D eigenvalue weighted by molar-refractivity contribution is 8.04. The average Bonchev–Trinajstić information content (AvgIpc) is 2.70. The largest absolute Gasteiger partial charge is 0.481 e. The van der Waals surface area contributed by atoms with Crippen molar-refractivity contribution in [3.8, 4) is 0 Å². The summed E-state index contributed by atoms with van der Waals surface area (Å²) in [6.07, 6.45) is 6.13. The molecule has 0 spiro atoms. The summed E-state index contributed by atoms with van der Waals surface area (Å²) in [6, 6.07) is 8.93. The van der Waals surface area contributed by atoms with Crippen molar-refractivity contribution in [1.82, 2.24) is 0 Å². The molecule has 0 aromatic heterocycles. The zero-order chi connectivity index (χ0) is 16.9. The van der Waals surface area contributed by atoms with E-state index in [1.54, 1.807) is 11.8 Å². The second-order valence-electron chi connectivity index (χ2n) is 7.31. The van der Waals surface area contributed by atoms with E-state index in [2.05, 4.69) is 45.0 Å². The molecule has 23 heavy (non-hydrogen) atoms. The van der Waals surface area contributed by atoms with Gasteiger partial charge in [0.2, 0.25) is 0 Å². The fraction of sp³-hybridized carbons (Fsp3) is 0.632. The van der Waals surface area contributed by atoms with Gasteiger partial charge in [-0.25, -0.2) is 0 Å². The molecule has 1 fully saturated rings. The Balaban J connectivity index is 2.03. The van der Waals surface area contributed by atoms with Gasteiger partial charge in [0.15, 0.2) is 0 Å². The van der Waals surface area contributed by atoms with Gasteiger partial charge in [-0.2, -0.15) is 0 Å². The smallest absolute Gasteiger partial charge is 0.313 e. The highest BCUT2D eigenvalue weighted by atomic mass is 32.2. The molecule has 1 N–H and O–H groups in total. The number of carbonyl (C=O) groups is 1. The van der Waals surface area contributed by atoms with Crippen LogP contribution in [0, 0.1) is 0 Å². The SMILES string of the molecule is CC(C)(C)c1ccc(SC2CCCCCC2SCC(=O)O)cc1. The fourth-order valence-corrected chi connectivity index (χ4v) is 5.61. The van der Waals surface area contributed by atoms with Gasteiger partial charge in [-0.05, 0) is 36.0 Å². The van der Waals surface area contributed by atoms with Crippen LogP contribution < -0.4 is 0 Å². The quantitative estimate of drug-likeness (QED) is 0.700. The third-order valence-electron chi connectivity index (χ3n) is 4.32. The van der Waals surface area contributed by atoms with E-state index in [-0.39, 0.29) is 11.2 Å². The molecule has 2 nitrogen and oxygen atoms in total. The van der Waals surface area contributed by atoms with Gasteiger partial charge in [0, 0.05) is 15.4 Å². The minimum atomic E-state index is -0.697. The number of carboxylic acid groups (broad SMARTS) is 1. The molecular weight excluding hydrogens is 324 g/mol. The summed E-state index contributed by atoms with van der Waals surface area (Å²) >= 11 is 3.58. The first-order chi connectivity index (χ1) is 10.9. The van der Waals surface area contributed by atoms with E-state index in [1.807, 2.05) is 11.8 Å². The van der Waals surface area contributed by atoms with E-state index in [0.29, 0.717) is 10.5 Å². The molecular formula is C19H28O2S2. The van der Waals surface area contributed by atoms with Crippen LogP contribution in [0.1, 0.15) is 58.4 Å². The number of carboxylic acids is 1. The maximum absolute atomic E-state index is 10.9. The molecule has 2 rings (SSSR count). The van der Waals surface area contributed by atoms with Gasteiger partial charge in [0.05, 0.1) is 5.75 Å².